The van der Waals surface area contributed by atoms with Gasteiger partial charge in [0.15, 0.2) is 5.12 Å². The molecule has 3 N–H and O–H groups in total. The van der Waals surface area contributed by atoms with Gasteiger partial charge in [0, 0.05) is 13.3 Å². The molecule has 212 valence electrons. The second kappa shape index (κ2) is 15.9. The molecule has 0 bridgehead atoms. The molecule has 0 aromatic heterocycles. The number of hydrogen-bond acceptors (Lipinski definition) is 8. The molecule has 2 aromatic rings. The van der Waals surface area contributed by atoms with Gasteiger partial charge in [-0.3, -0.25) is 14.4 Å². The third kappa shape index (κ3) is 10.4. The highest BCUT2D eigenvalue weighted by Gasteiger charge is 2.35. The molecular weight excluding hydrogens is 520 g/mol. The Kier molecular flexibility index (Phi) is 13.0. The van der Waals surface area contributed by atoms with Crippen molar-refractivity contribution in [1.29, 1.82) is 0 Å². The molecule has 0 radical (unpaired) electrons. The summed E-state index contributed by atoms with van der Waals surface area (Å²) in [6.07, 6.45) is 0.0775. The van der Waals surface area contributed by atoms with Gasteiger partial charge < -0.3 is 25.2 Å². The van der Waals surface area contributed by atoms with Gasteiger partial charge in [-0.15, -0.1) is 0 Å². The van der Waals surface area contributed by atoms with Gasteiger partial charge in [0.1, 0.15) is 23.1 Å². The van der Waals surface area contributed by atoms with E-state index < -0.39 is 41.2 Å². The molecule has 0 aliphatic carbocycles. The number of rotatable bonds is 14. The van der Waals surface area contributed by atoms with Crippen molar-refractivity contribution in [2.24, 2.45) is 5.92 Å². The molecule has 2 rings (SSSR count). The lowest BCUT2D eigenvalue weighted by Gasteiger charge is -2.29. The number of carbonyl (C=O) groups is 4. The number of carbonyl (C=O) groups excluding carboxylic acids is 4. The van der Waals surface area contributed by atoms with Crippen LogP contribution in [0.3, 0.4) is 0 Å². The number of esters is 1. The molecule has 2 aromatic carbocycles. The standard InChI is InChI=1S/C29H38N2O7S/c1-6-18(2)25(27(34)30-24(29(36)37-5)16-21-12-14-23(33)15-13-21)31-28(35)26(39-20(4)32)19(3)38-17-22-10-8-7-9-11-22/h7-15,18-19,24-26,33H,6,16-17H2,1-5H3,(H,30,34)(H,31,35)/t18-,19?,24-,25-,26-/m0/s1. The van der Waals surface area contributed by atoms with Crippen molar-refractivity contribution in [3.8, 4) is 5.75 Å². The quantitative estimate of drug-likeness (QED) is 0.301. The third-order valence-corrected chi connectivity index (χ3v) is 7.49. The number of phenolic OH excluding ortho intramolecular Hbond substituents is 1. The Balaban J connectivity index is 2.18. The number of ether oxygens (including phenoxy) is 2. The highest BCUT2D eigenvalue weighted by Crippen LogP contribution is 2.21. The highest BCUT2D eigenvalue weighted by atomic mass is 32.2. The Hall–Kier alpha value is -3.37. The van der Waals surface area contributed by atoms with Crippen molar-refractivity contribution in [2.75, 3.05) is 7.11 Å². The minimum Gasteiger partial charge on any atom is -0.508 e. The average Bonchev–Trinajstić information content (AvgIpc) is 2.93. The zero-order valence-corrected chi connectivity index (χ0v) is 23.8. The SMILES string of the molecule is CC[C@H](C)[C@H](NC(=O)[C@@H](SC(C)=O)C(C)OCc1ccccc1)C(=O)N[C@@H](Cc1ccc(O)cc1)C(=O)OC. The fraction of sp³-hybridized carbons (Fsp3) is 0.448. The summed E-state index contributed by atoms with van der Waals surface area (Å²) in [6.45, 7) is 7.06. The van der Waals surface area contributed by atoms with E-state index in [1.54, 1.807) is 19.1 Å². The normalized spacial score (nSPS) is 14.8. The number of benzene rings is 2. The first kappa shape index (κ1) is 31.8. The first-order valence-corrected chi connectivity index (χ1v) is 13.7. The molecule has 9 nitrogen and oxygen atoms in total. The molecule has 2 amide bonds. The van der Waals surface area contributed by atoms with Gasteiger partial charge in [0.25, 0.3) is 0 Å². The van der Waals surface area contributed by atoms with Crippen LogP contribution in [0.25, 0.3) is 0 Å². The molecule has 0 saturated carbocycles. The average molecular weight is 559 g/mol. The van der Waals surface area contributed by atoms with Crippen molar-refractivity contribution >= 4 is 34.7 Å². The number of thioether (sulfide) groups is 1. The van der Waals surface area contributed by atoms with E-state index in [4.69, 9.17) is 9.47 Å². The molecule has 0 heterocycles. The van der Waals surface area contributed by atoms with Crippen molar-refractivity contribution in [3.05, 3.63) is 65.7 Å². The van der Waals surface area contributed by atoms with Crippen molar-refractivity contribution < 1.29 is 33.8 Å². The van der Waals surface area contributed by atoms with Gasteiger partial charge in [-0.05, 0) is 36.1 Å². The fourth-order valence-corrected chi connectivity index (χ4v) is 4.64. The monoisotopic (exact) mass is 558 g/mol. The zero-order chi connectivity index (χ0) is 28.9. The van der Waals surface area contributed by atoms with Gasteiger partial charge in [-0.25, -0.2) is 4.79 Å². The molecule has 0 fully saturated rings. The number of amides is 2. The molecule has 0 saturated heterocycles. The Morgan fingerprint density at radius 3 is 2.13 bits per heavy atom. The summed E-state index contributed by atoms with van der Waals surface area (Å²) >= 11 is 0.847. The van der Waals surface area contributed by atoms with Crippen molar-refractivity contribution in [3.63, 3.8) is 0 Å². The number of methoxy groups -OCH3 is 1. The second-order valence-corrected chi connectivity index (χ2v) is 10.7. The summed E-state index contributed by atoms with van der Waals surface area (Å²) < 4.78 is 10.8. The van der Waals surface area contributed by atoms with Gasteiger partial charge >= 0.3 is 5.97 Å². The number of aromatic hydroxyl groups is 1. The molecule has 0 aliphatic heterocycles. The lowest BCUT2D eigenvalue weighted by atomic mass is 9.97. The van der Waals surface area contributed by atoms with Gasteiger partial charge in [-0.1, -0.05) is 74.5 Å². The third-order valence-electron chi connectivity index (χ3n) is 6.30. The highest BCUT2D eigenvalue weighted by molar-refractivity contribution is 8.14. The van der Waals surface area contributed by atoms with Crippen LogP contribution < -0.4 is 10.6 Å². The minimum atomic E-state index is -1.01. The molecule has 39 heavy (non-hydrogen) atoms. The van der Waals surface area contributed by atoms with Gasteiger partial charge in [0.05, 0.1) is 19.8 Å². The molecule has 10 heteroatoms. The second-order valence-electron chi connectivity index (χ2n) is 9.36. The predicted molar refractivity (Wildman–Crippen MR) is 150 cm³/mol. The lowest BCUT2D eigenvalue weighted by molar-refractivity contribution is -0.145. The molecule has 5 atom stereocenters. The summed E-state index contributed by atoms with van der Waals surface area (Å²) in [5.41, 5.74) is 1.63. The van der Waals surface area contributed by atoms with Crippen LogP contribution in [-0.2, 0) is 41.7 Å². The number of nitrogens with one attached hydrogen (secondary N) is 2. The number of phenols is 1. The van der Waals surface area contributed by atoms with Crippen LogP contribution >= 0.6 is 11.8 Å². The van der Waals surface area contributed by atoms with E-state index in [2.05, 4.69) is 10.6 Å². The van der Waals surface area contributed by atoms with E-state index in [-0.39, 0.29) is 29.8 Å². The molecular formula is C29H38N2O7S. The van der Waals surface area contributed by atoms with E-state index in [0.717, 1.165) is 17.3 Å². The van der Waals surface area contributed by atoms with Crippen LogP contribution in [0.4, 0.5) is 0 Å². The summed E-state index contributed by atoms with van der Waals surface area (Å²) in [5.74, 6) is -1.89. The summed E-state index contributed by atoms with van der Waals surface area (Å²) in [7, 11) is 1.23. The maximum absolute atomic E-state index is 13.4. The molecule has 0 spiro atoms. The topological polar surface area (TPSA) is 131 Å². The van der Waals surface area contributed by atoms with E-state index in [9.17, 15) is 24.3 Å². The zero-order valence-electron chi connectivity index (χ0n) is 23.0. The smallest absolute Gasteiger partial charge is 0.328 e. The minimum absolute atomic E-state index is 0.0805. The van der Waals surface area contributed by atoms with Crippen LogP contribution in [0.15, 0.2) is 54.6 Å². The van der Waals surface area contributed by atoms with E-state index >= 15 is 0 Å². The van der Waals surface area contributed by atoms with Gasteiger partial charge in [-0.2, -0.15) is 0 Å². The fourth-order valence-electron chi connectivity index (χ4n) is 3.83. The van der Waals surface area contributed by atoms with Crippen molar-refractivity contribution in [2.45, 2.75) is 70.6 Å². The molecule has 0 aliphatic rings. The van der Waals surface area contributed by atoms with Crippen LogP contribution in [-0.4, -0.2) is 58.6 Å². The summed E-state index contributed by atoms with van der Waals surface area (Å²) in [5, 5.41) is 13.9. The Labute approximate surface area is 234 Å². The van der Waals surface area contributed by atoms with E-state index in [1.165, 1.54) is 26.2 Å². The lowest BCUT2D eigenvalue weighted by Crippen LogP contribution is -2.56. The summed E-state index contributed by atoms with van der Waals surface area (Å²) in [6, 6.07) is 13.8. The first-order chi connectivity index (χ1) is 18.5. The van der Waals surface area contributed by atoms with Crippen LogP contribution in [0, 0.1) is 5.92 Å². The van der Waals surface area contributed by atoms with Crippen molar-refractivity contribution in [1.82, 2.24) is 10.6 Å². The largest absolute Gasteiger partial charge is 0.508 e. The number of hydrogen-bond donors (Lipinski definition) is 3. The van der Waals surface area contributed by atoms with Gasteiger partial charge in [0.2, 0.25) is 11.8 Å². The first-order valence-electron chi connectivity index (χ1n) is 12.8. The van der Waals surface area contributed by atoms with Crippen LogP contribution in [0.1, 0.15) is 45.2 Å². The van der Waals surface area contributed by atoms with Crippen LogP contribution in [0.5, 0.6) is 5.75 Å². The van der Waals surface area contributed by atoms with E-state index in [0.29, 0.717) is 12.0 Å². The Morgan fingerprint density at radius 1 is 0.923 bits per heavy atom. The Bertz CT molecular complexity index is 1090. The predicted octanol–water partition coefficient (Wildman–Crippen LogP) is 3.38. The Morgan fingerprint density at radius 2 is 1.56 bits per heavy atom. The summed E-state index contributed by atoms with van der Waals surface area (Å²) in [4.78, 5) is 51.3. The maximum atomic E-state index is 13.4. The van der Waals surface area contributed by atoms with E-state index in [1.807, 2.05) is 44.2 Å². The molecule has 1 unspecified atom stereocenters. The van der Waals surface area contributed by atoms with Crippen LogP contribution in [0.2, 0.25) is 0 Å². The maximum Gasteiger partial charge on any atom is 0.328 e.